The van der Waals surface area contributed by atoms with Crippen molar-refractivity contribution in [2.75, 3.05) is 0 Å². The second-order valence-corrected chi connectivity index (χ2v) is 5.84. The molecule has 1 saturated carbocycles. The molecule has 1 aromatic carbocycles. The van der Waals surface area contributed by atoms with E-state index in [4.69, 9.17) is 10.7 Å². The molecule has 1 fully saturated rings. The minimum absolute atomic E-state index is 0.572. The summed E-state index contributed by atoms with van der Waals surface area (Å²) >= 11 is 0. The van der Waals surface area contributed by atoms with Gasteiger partial charge < -0.3 is 10.7 Å². The van der Waals surface area contributed by atoms with Crippen LogP contribution in [-0.4, -0.2) is 9.97 Å². The number of aromatic nitrogens is 2. The first kappa shape index (κ1) is 13.4. The molecular weight excluding hydrogens is 246 g/mol. The molecule has 0 saturated heterocycles. The summed E-state index contributed by atoms with van der Waals surface area (Å²) in [5.41, 5.74) is 10.5. The van der Waals surface area contributed by atoms with Gasteiger partial charge in [0, 0.05) is 23.7 Å². The zero-order chi connectivity index (χ0) is 13.9. The second-order valence-electron chi connectivity index (χ2n) is 5.84. The van der Waals surface area contributed by atoms with Crippen LogP contribution in [0.5, 0.6) is 0 Å². The molecule has 20 heavy (non-hydrogen) atoms. The topological polar surface area (TPSA) is 54.7 Å². The first-order valence-corrected chi connectivity index (χ1v) is 7.64. The minimum Gasteiger partial charge on any atom is -0.342 e. The molecule has 1 aliphatic carbocycles. The van der Waals surface area contributed by atoms with Gasteiger partial charge in [-0.2, -0.15) is 0 Å². The number of aromatic amines is 1. The van der Waals surface area contributed by atoms with E-state index >= 15 is 0 Å². The maximum absolute atomic E-state index is 5.72. The standard InChI is InChI=1S/C17H23N3/c1-12-16(14-7-3-2-4-8-14)20-17(19-12)15-9-5-6-13(10-15)11-18/h5-6,9-10,14H,2-4,7-8,11,18H2,1H3,(H,19,20). The third-order valence-corrected chi connectivity index (χ3v) is 4.35. The van der Waals surface area contributed by atoms with Crippen molar-refractivity contribution in [3.63, 3.8) is 0 Å². The van der Waals surface area contributed by atoms with Gasteiger partial charge in [0.2, 0.25) is 0 Å². The Bertz CT molecular complexity index is 580. The molecule has 106 valence electrons. The maximum atomic E-state index is 5.72. The number of imidazole rings is 1. The summed E-state index contributed by atoms with van der Waals surface area (Å²) in [5.74, 6) is 1.63. The number of nitrogens with zero attached hydrogens (tertiary/aromatic N) is 1. The van der Waals surface area contributed by atoms with Gasteiger partial charge in [0.05, 0.1) is 5.69 Å². The van der Waals surface area contributed by atoms with Crippen molar-refractivity contribution in [2.45, 2.75) is 51.5 Å². The van der Waals surface area contributed by atoms with Gasteiger partial charge in [-0.3, -0.25) is 0 Å². The molecule has 0 spiro atoms. The largest absolute Gasteiger partial charge is 0.342 e. The summed E-state index contributed by atoms with van der Waals surface area (Å²) in [6, 6.07) is 8.34. The molecule has 0 amide bonds. The molecule has 2 aromatic rings. The summed E-state index contributed by atoms with van der Waals surface area (Å²) in [7, 11) is 0. The predicted molar refractivity (Wildman–Crippen MR) is 82.5 cm³/mol. The molecule has 1 aliphatic rings. The van der Waals surface area contributed by atoms with Gasteiger partial charge in [-0.25, -0.2) is 4.98 Å². The van der Waals surface area contributed by atoms with Crippen LogP contribution in [-0.2, 0) is 6.54 Å². The van der Waals surface area contributed by atoms with Gasteiger partial charge in [0.1, 0.15) is 5.82 Å². The van der Waals surface area contributed by atoms with Gasteiger partial charge >= 0.3 is 0 Å². The summed E-state index contributed by atoms with van der Waals surface area (Å²) in [4.78, 5) is 8.34. The highest BCUT2D eigenvalue weighted by Crippen LogP contribution is 2.34. The first-order chi connectivity index (χ1) is 9.78. The third-order valence-electron chi connectivity index (χ3n) is 4.35. The average Bonchev–Trinajstić information content (AvgIpc) is 2.90. The van der Waals surface area contributed by atoms with Crippen LogP contribution in [0.1, 0.15) is 55.0 Å². The molecule has 3 rings (SSSR count). The molecule has 0 atom stereocenters. The molecule has 1 aromatic heterocycles. The van der Waals surface area contributed by atoms with E-state index in [0.717, 1.165) is 17.0 Å². The number of rotatable bonds is 3. The Hall–Kier alpha value is -1.61. The van der Waals surface area contributed by atoms with Crippen molar-refractivity contribution in [3.8, 4) is 11.4 Å². The van der Waals surface area contributed by atoms with Crippen LogP contribution in [0.2, 0.25) is 0 Å². The number of H-pyrrole nitrogens is 1. The molecule has 3 nitrogen and oxygen atoms in total. The second kappa shape index (κ2) is 5.80. The monoisotopic (exact) mass is 269 g/mol. The van der Waals surface area contributed by atoms with Crippen LogP contribution < -0.4 is 5.73 Å². The van der Waals surface area contributed by atoms with Crippen LogP contribution in [0, 0.1) is 6.92 Å². The van der Waals surface area contributed by atoms with Crippen molar-refractivity contribution in [1.29, 1.82) is 0 Å². The lowest BCUT2D eigenvalue weighted by Crippen LogP contribution is -2.06. The Morgan fingerprint density at radius 1 is 1.25 bits per heavy atom. The lowest BCUT2D eigenvalue weighted by Gasteiger charge is -2.20. The number of hydrogen-bond acceptors (Lipinski definition) is 2. The van der Waals surface area contributed by atoms with Crippen molar-refractivity contribution < 1.29 is 0 Å². The van der Waals surface area contributed by atoms with Crippen molar-refractivity contribution in [2.24, 2.45) is 5.73 Å². The summed E-state index contributed by atoms with van der Waals surface area (Å²) in [6.07, 6.45) is 6.64. The highest BCUT2D eigenvalue weighted by Gasteiger charge is 2.21. The molecule has 0 bridgehead atoms. The average molecular weight is 269 g/mol. The number of benzene rings is 1. The van der Waals surface area contributed by atoms with Gasteiger partial charge in [-0.1, -0.05) is 37.5 Å². The third kappa shape index (κ3) is 2.63. The summed E-state index contributed by atoms with van der Waals surface area (Å²) in [6.45, 7) is 2.72. The van der Waals surface area contributed by atoms with E-state index in [2.05, 4.69) is 36.2 Å². The molecule has 0 unspecified atom stereocenters. The highest BCUT2D eigenvalue weighted by molar-refractivity contribution is 5.57. The fraction of sp³-hybridized carbons (Fsp3) is 0.471. The van der Waals surface area contributed by atoms with E-state index < -0.39 is 0 Å². The normalized spacial score (nSPS) is 16.5. The van der Waals surface area contributed by atoms with E-state index in [0.29, 0.717) is 12.5 Å². The lowest BCUT2D eigenvalue weighted by atomic mass is 9.86. The zero-order valence-electron chi connectivity index (χ0n) is 12.2. The van der Waals surface area contributed by atoms with Crippen LogP contribution >= 0.6 is 0 Å². The number of aryl methyl sites for hydroxylation is 1. The van der Waals surface area contributed by atoms with Crippen molar-refractivity contribution in [3.05, 3.63) is 41.2 Å². The Labute approximate surface area is 120 Å². The van der Waals surface area contributed by atoms with E-state index in [1.807, 2.05) is 0 Å². The number of nitrogens with two attached hydrogens (primary N) is 1. The Balaban J connectivity index is 1.91. The SMILES string of the molecule is Cc1[nH]c(-c2cccc(CN)c2)nc1C1CCCCC1. The van der Waals surface area contributed by atoms with Crippen LogP contribution in [0.15, 0.2) is 24.3 Å². The number of hydrogen-bond donors (Lipinski definition) is 2. The summed E-state index contributed by atoms with van der Waals surface area (Å²) in [5, 5.41) is 0. The van der Waals surface area contributed by atoms with Gasteiger partial charge in [-0.05, 0) is 31.4 Å². The maximum Gasteiger partial charge on any atom is 0.137 e. The van der Waals surface area contributed by atoms with Gasteiger partial charge in [0.25, 0.3) is 0 Å². The van der Waals surface area contributed by atoms with Gasteiger partial charge in [-0.15, -0.1) is 0 Å². The predicted octanol–water partition coefficient (Wildman–Crippen LogP) is 3.89. The molecule has 3 heteroatoms. The first-order valence-electron chi connectivity index (χ1n) is 7.64. The van der Waals surface area contributed by atoms with E-state index in [-0.39, 0.29) is 0 Å². The Morgan fingerprint density at radius 3 is 2.80 bits per heavy atom. The smallest absolute Gasteiger partial charge is 0.137 e. The van der Waals surface area contributed by atoms with E-state index in [1.54, 1.807) is 0 Å². The van der Waals surface area contributed by atoms with Gasteiger partial charge in [0.15, 0.2) is 0 Å². The fourth-order valence-corrected chi connectivity index (χ4v) is 3.23. The molecule has 1 heterocycles. The van der Waals surface area contributed by atoms with Crippen molar-refractivity contribution in [1.82, 2.24) is 9.97 Å². The molecule has 0 aliphatic heterocycles. The van der Waals surface area contributed by atoms with Crippen molar-refractivity contribution >= 4 is 0 Å². The Kier molecular flexibility index (Phi) is 3.88. The summed E-state index contributed by atoms with van der Waals surface area (Å²) < 4.78 is 0. The number of nitrogens with one attached hydrogen (secondary N) is 1. The van der Waals surface area contributed by atoms with Crippen LogP contribution in [0.4, 0.5) is 0 Å². The lowest BCUT2D eigenvalue weighted by molar-refractivity contribution is 0.436. The van der Waals surface area contributed by atoms with Crippen LogP contribution in [0.3, 0.4) is 0 Å². The fourth-order valence-electron chi connectivity index (χ4n) is 3.23. The van der Waals surface area contributed by atoms with E-state index in [9.17, 15) is 0 Å². The highest BCUT2D eigenvalue weighted by atomic mass is 14.9. The molecule has 0 radical (unpaired) electrons. The minimum atomic E-state index is 0.572. The zero-order valence-corrected chi connectivity index (χ0v) is 12.2. The van der Waals surface area contributed by atoms with E-state index in [1.165, 1.54) is 43.5 Å². The Morgan fingerprint density at radius 2 is 2.05 bits per heavy atom. The molecular formula is C17H23N3. The van der Waals surface area contributed by atoms with Crippen LogP contribution in [0.25, 0.3) is 11.4 Å². The quantitative estimate of drug-likeness (QED) is 0.888. The molecule has 3 N–H and O–H groups in total.